The third kappa shape index (κ3) is 3.99. The molecule has 0 bridgehead atoms. The zero-order valence-electron chi connectivity index (χ0n) is 13.3. The average Bonchev–Trinajstić information content (AvgIpc) is 2.95. The summed E-state index contributed by atoms with van der Waals surface area (Å²) in [5, 5.41) is 4.20. The normalized spacial score (nSPS) is 27.7. The molecule has 2 N–H and O–H groups in total. The van der Waals surface area contributed by atoms with Gasteiger partial charge in [0.2, 0.25) is 11.7 Å². The van der Waals surface area contributed by atoms with Crippen LogP contribution in [-0.2, 0) is 10.3 Å². The van der Waals surface area contributed by atoms with Crippen LogP contribution in [0.25, 0.3) is 0 Å². The van der Waals surface area contributed by atoms with Crippen molar-refractivity contribution in [3.8, 4) is 0 Å². The topological polar surface area (TPSA) is 74.2 Å². The molecule has 2 rings (SSSR count). The van der Waals surface area contributed by atoms with Crippen molar-refractivity contribution in [1.82, 2.24) is 10.1 Å². The first-order chi connectivity index (χ1) is 10.1. The van der Waals surface area contributed by atoms with Gasteiger partial charge in [0.1, 0.15) is 5.60 Å². The van der Waals surface area contributed by atoms with Crippen molar-refractivity contribution in [2.75, 3.05) is 18.6 Å². The molecule has 6 heteroatoms. The highest BCUT2D eigenvalue weighted by Crippen LogP contribution is 2.41. The lowest BCUT2D eigenvalue weighted by Gasteiger charge is -2.37. The molecule has 120 valence electrons. The number of hydrogen-bond donors (Lipinski definition) is 1. The van der Waals surface area contributed by atoms with E-state index in [0.717, 1.165) is 31.4 Å². The smallest absolute Gasteiger partial charge is 0.243 e. The molecule has 0 spiro atoms. The Balaban J connectivity index is 2.16. The van der Waals surface area contributed by atoms with Crippen LogP contribution in [0.5, 0.6) is 0 Å². The van der Waals surface area contributed by atoms with E-state index in [1.807, 2.05) is 6.92 Å². The number of thioether (sulfide) groups is 1. The van der Waals surface area contributed by atoms with Gasteiger partial charge in [0.25, 0.3) is 0 Å². The highest BCUT2D eigenvalue weighted by Gasteiger charge is 2.41. The Bertz CT molecular complexity index is 436. The zero-order chi connectivity index (χ0) is 15.3. The molecule has 0 aliphatic heterocycles. The maximum atomic E-state index is 6.12. The number of rotatable bonds is 7. The van der Waals surface area contributed by atoms with Crippen molar-refractivity contribution < 1.29 is 9.26 Å². The second-order valence-electron chi connectivity index (χ2n) is 5.97. The van der Waals surface area contributed by atoms with Crippen LogP contribution < -0.4 is 5.73 Å². The number of aromatic nitrogens is 2. The Morgan fingerprint density at radius 2 is 2.38 bits per heavy atom. The molecular formula is C15H27N3O2S. The predicted molar refractivity (Wildman–Crippen MR) is 85.2 cm³/mol. The van der Waals surface area contributed by atoms with E-state index in [-0.39, 0.29) is 11.6 Å². The van der Waals surface area contributed by atoms with Crippen molar-refractivity contribution in [3.05, 3.63) is 11.7 Å². The van der Waals surface area contributed by atoms with Crippen LogP contribution in [0.1, 0.15) is 63.7 Å². The van der Waals surface area contributed by atoms with Crippen LogP contribution >= 0.6 is 11.8 Å². The molecule has 1 aromatic heterocycles. The minimum atomic E-state index is -0.382. The summed E-state index contributed by atoms with van der Waals surface area (Å²) in [6, 6.07) is -0.182. The number of nitrogens with zero attached hydrogens (tertiary/aromatic N) is 2. The SMILES string of the molecule is CCOC1(c2noc([C@H](N)CCSC)n2)CCCC(C)C1. The fraction of sp³-hybridized carbons (Fsp3) is 0.867. The molecule has 0 radical (unpaired) electrons. The predicted octanol–water partition coefficient (Wildman–Crippen LogP) is 3.26. The molecule has 1 heterocycles. The highest BCUT2D eigenvalue weighted by atomic mass is 32.2. The van der Waals surface area contributed by atoms with E-state index in [1.165, 1.54) is 6.42 Å². The molecule has 0 aromatic carbocycles. The van der Waals surface area contributed by atoms with Gasteiger partial charge >= 0.3 is 0 Å². The largest absolute Gasteiger partial charge is 0.367 e. The average molecular weight is 313 g/mol. The summed E-state index contributed by atoms with van der Waals surface area (Å²) in [5.41, 5.74) is 5.74. The van der Waals surface area contributed by atoms with E-state index < -0.39 is 0 Å². The Morgan fingerprint density at radius 1 is 1.57 bits per heavy atom. The summed E-state index contributed by atoms with van der Waals surface area (Å²) >= 11 is 1.77. The Labute approximate surface area is 131 Å². The van der Waals surface area contributed by atoms with Gasteiger partial charge in [-0.25, -0.2) is 0 Å². The van der Waals surface area contributed by atoms with Gasteiger partial charge in [-0.15, -0.1) is 0 Å². The number of hydrogen-bond acceptors (Lipinski definition) is 6. The van der Waals surface area contributed by atoms with Crippen LogP contribution in [-0.4, -0.2) is 28.8 Å². The van der Waals surface area contributed by atoms with E-state index in [1.54, 1.807) is 11.8 Å². The van der Waals surface area contributed by atoms with Crippen LogP contribution in [0.2, 0.25) is 0 Å². The Hall–Kier alpha value is -0.590. The second kappa shape index (κ2) is 7.61. The molecule has 1 aliphatic rings. The Kier molecular flexibility index (Phi) is 6.08. The molecule has 1 aromatic rings. The zero-order valence-corrected chi connectivity index (χ0v) is 14.1. The molecule has 5 nitrogen and oxygen atoms in total. The molecule has 0 amide bonds. The van der Waals surface area contributed by atoms with E-state index in [4.69, 9.17) is 15.0 Å². The highest BCUT2D eigenvalue weighted by molar-refractivity contribution is 7.98. The second-order valence-corrected chi connectivity index (χ2v) is 6.96. The first kappa shape index (κ1) is 16.8. The van der Waals surface area contributed by atoms with Gasteiger partial charge in [0.05, 0.1) is 6.04 Å². The number of ether oxygens (including phenoxy) is 1. The number of nitrogens with two attached hydrogens (primary N) is 1. The van der Waals surface area contributed by atoms with Crippen LogP contribution in [0.4, 0.5) is 0 Å². The molecular weight excluding hydrogens is 286 g/mol. The van der Waals surface area contributed by atoms with Crippen LogP contribution in [0.15, 0.2) is 4.52 Å². The standard InChI is InChI=1S/C15H27N3O2S/c1-4-19-15(8-5-6-11(2)10-15)14-17-13(20-18-14)12(16)7-9-21-3/h11-12H,4-10,16H2,1-3H3/t11?,12-,15?/m1/s1. The first-order valence-corrected chi connectivity index (χ1v) is 9.23. The molecule has 1 saturated carbocycles. The Morgan fingerprint density at radius 3 is 3.05 bits per heavy atom. The van der Waals surface area contributed by atoms with Gasteiger partial charge in [-0.1, -0.05) is 18.5 Å². The molecule has 1 fully saturated rings. The lowest BCUT2D eigenvalue weighted by molar-refractivity contribution is -0.0891. The van der Waals surface area contributed by atoms with Crippen molar-refractivity contribution in [1.29, 1.82) is 0 Å². The molecule has 1 aliphatic carbocycles. The van der Waals surface area contributed by atoms with Crippen molar-refractivity contribution >= 4 is 11.8 Å². The van der Waals surface area contributed by atoms with Crippen molar-refractivity contribution in [2.24, 2.45) is 11.7 Å². The lowest BCUT2D eigenvalue weighted by Crippen LogP contribution is -2.36. The van der Waals surface area contributed by atoms with Gasteiger partial charge in [0, 0.05) is 6.61 Å². The summed E-state index contributed by atoms with van der Waals surface area (Å²) in [4.78, 5) is 4.57. The van der Waals surface area contributed by atoms with Crippen molar-refractivity contribution in [3.63, 3.8) is 0 Å². The van der Waals surface area contributed by atoms with E-state index in [0.29, 0.717) is 24.2 Å². The minimum absolute atomic E-state index is 0.182. The molecule has 3 atom stereocenters. The fourth-order valence-corrected chi connectivity index (χ4v) is 3.61. The monoisotopic (exact) mass is 313 g/mol. The maximum Gasteiger partial charge on any atom is 0.243 e. The van der Waals surface area contributed by atoms with Gasteiger partial charge in [-0.3, -0.25) is 0 Å². The van der Waals surface area contributed by atoms with E-state index in [2.05, 4.69) is 23.3 Å². The van der Waals surface area contributed by atoms with Gasteiger partial charge in [0.15, 0.2) is 0 Å². The van der Waals surface area contributed by atoms with Crippen molar-refractivity contribution in [2.45, 2.75) is 57.6 Å². The van der Waals surface area contributed by atoms with Gasteiger partial charge in [-0.2, -0.15) is 16.7 Å². The molecule has 0 saturated heterocycles. The summed E-state index contributed by atoms with van der Waals surface area (Å²) in [5.74, 6) is 2.84. The van der Waals surface area contributed by atoms with Gasteiger partial charge in [-0.05, 0) is 50.5 Å². The minimum Gasteiger partial charge on any atom is -0.367 e. The van der Waals surface area contributed by atoms with E-state index >= 15 is 0 Å². The summed E-state index contributed by atoms with van der Waals surface area (Å²) in [7, 11) is 0. The quantitative estimate of drug-likeness (QED) is 0.833. The third-order valence-electron chi connectivity index (χ3n) is 4.18. The lowest BCUT2D eigenvalue weighted by atomic mass is 9.78. The van der Waals surface area contributed by atoms with Crippen LogP contribution in [0.3, 0.4) is 0 Å². The molecule has 21 heavy (non-hydrogen) atoms. The maximum absolute atomic E-state index is 6.12. The van der Waals surface area contributed by atoms with Crippen LogP contribution in [0, 0.1) is 5.92 Å². The third-order valence-corrected chi connectivity index (χ3v) is 4.82. The first-order valence-electron chi connectivity index (χ1n) is 7.84. The fourth-order valence-electron chi connectivity index (χ4n) is 3.12. The van der Waals surface area contributed by atoms with E-state index in [9.17, 15) is 0 Å². The summed E-state index contributed by atoms with van der Waals surface area (Å²) in [6.45, 7) is 4.94. The van der Waals surface area contributed by atoms with Gasteiger partial charge < -0.3 is 15.0 Å². The summed E-state index contributed by atoms with van der Waals surface area (Å²) in [6.07, 6.45) is 7.22. The molecule has 2 unspecified atom stereocenters. The summed E-state index contributed by atoms with van der Waals surface area (Å²) < 4.78 is 11.5.